The van der Waals surface area contributed by atoms with Gasteiger partial charge < -0.3 is 14.8 Å². The molecular formula is C14H17N3O4. The first-order chi connectivity index (χ1) is 9.88. The molecule has 0 saturated carbocycles. The highest BCUT2D eigenvalue weighted by Gasteiger charge is 2.15. The van der Waals surface area contributed by atoms with Crippen molar-refractivity contribution in [3.8, 4) is 0 Å². The largest absolute Gasteiger partial charge is 0.475 e. The van der Waals surface area contributed by atoms with Crippen molar-refractivity contribution in [1.82, 2.24) is 15.1 Å². The van der Waals surface area contributed by atoms with Crippen LogP contribution in [0.4, 0.5) is 0 Å². The van der Waals surface area contributed by atoms with Gasteiger partial charge in [0.05, 0.1) is 6.54 Å². The van der Waals surface area contributed by atoms with E-state index in [0.29, 0.717) is 11.5 Å². The monoisotopic (exact) mass is 291 g/mol. The molecule has 0 aliphatic heterocycles. The van der Waals surface area contributed by atoms with Gasteiger partial charge in [-0.05, 0) is 24.1 Å². The van der Waals surface area contributed by atoms with Gasteiger partial charge >= 0.3 is 5.97 Å². The highest BCUT2D eigenvalue weighted by Crippen LogP contribution is 2.15. The lowest BCUT2D eigenvalue weighted by atomic mass is 10.1. The predicted molar refractivity (Wildman–Crippen MR) is 74.1 cm³/mol. The Hall–Kier alpha value is -2.57. The average Bonchev–Trinajstić information content (AvgIpc) is 3.02. The van der Waals surface area contributed by atoms with E-state index in [1.54, 1.807) is 17.8 Å². The van der Waals surface area contributed by atoms with Crippen LogP contribution in [-0.2, 0) is 13.6 Å². The van der Waals surface area contributed by atoms with Crippen LogP contribution in [0.2, 0.25) is 0 Å². The zero-order chi connectivity index (χ0) is 15.6. The lowest BCUT2D eigenvalue weighted by Crippen LogP contribution is -2.23. The van der Waals surface area contributed by atoms with Crippen LogP contribution in [-0.4, -0.2) is 26.8 Å². The Bertz CT molecular complexity index is 670. The Kier molecular flexibility index (Phi) is 4.11. The van der Waals surface area contributed by atoms with Gasteiger partial charge in [-0.1, -0.05) is 13.8 Å². The number of hydrogen-bond acceptors (Lipinski definition) is 4. The van der Waals surface area contributed by atoms with Crippen LogP contribution >= 0.6 is 0 Å². The molecule has 0 saturated heterocycles. The first kappa shape index (κ1) is 14.8. The fraction of sp³-hybridized carbons (Fsp3) is 0.357. The van der Waals surface area contributed by atoms with E-state index in [-0.39, 0.29) is 24.1 Å². The smallest absolute Gasteiger partial charge is 0.371 e. The van der Waals surface area contributed by atoms with E-state index in [9.17, 15) is 9.59 Å². The van der Waals surface area contributed by atoms with Crippen LogP contribution in [0.1, 0.15) is 52.3 Å². The van der Waals surface area contributed by atoms with Crippen LogP contribution in [0.3, 0.4) is 0 Å². The molecule has 7 nitrogen and oxygen atoms in total. The van der Waals surface area contributed by atoms with E-state index in [1.165, 1.54) is 12.1 Å². The lowest BCUT2D eigenvalue weighted by molar-refractivity contribution is 0.0660. The van der Waals surface area contributed by atoms with E-state index in [0.717, 1.165) is 5.69 Å². The Morgan fingerprint density at radius 1 is 1.43 bits per heavy atom. The molecule has 0 unspecified atom stereocenters. The van der Waals surface area contributed by atoms with Crippen LogP contribution in [0, 0.1) is 0 Å². The molecule has 0 radical (unpaired) electrons. The Morgan fingerprint density at radius 3 is 2.67 bits per heavy atom. The summed E-state index contributed by atoms with van der Waals surface area (Å²) in [4.78, 5) is 22.7. The second kappa shape index (κ2) is 5.82. The van der Waals surface area contributed by atoms with Crippen molar-refractivity contribution in [2.75, 3.05) is 0 Å². The Labute approximate surface area is 121 Å². The average molecular weight is 291 g/mol. The molecular weight excluding hydrogens is 274 g/mol. The zero-order valence-corrected chi connectivity index (χ0v) is 12.1. The number of aromatic nitrogens is 2. The molecule has 0 atom stereocenters. The summed E-state index contributed by atoms with van der Waals surface area (Å²) in [6.45, 7) is 4.16. The third-order valence-electron chi connectivity index (χ3n) is 3.04. The van der Waals surface area contributed by atoms with E-state index in [1.807, 2.05) is 13.8 Å². The van der Waals surface area contributed by atoms with Crippen molar-refractivity contribution in [3.63, 3.8) is 0 Å². The second-order valence-corrected chi connectivity index (χ2v) is 4.99. The number of nitrogens with one attached hydrogen (secondary N) is 1. The maximum Gasteiger partial charge on any atom is 0.371 e. The number of carbonyl (C=O) groups is 2. The van der Waals surface area contributed by atoms with Gasteiger partial charge in [0.25, 0.3) is 5.91 Å². The molecule has 7 heteroatoms. The minimum atomic E-state index is -1.14. The first-order valence-electron chi connectivity index (χ1n) is 6.52. The number of nitrogens with zero attached hydrogens (tertiary/aromatic N) is 2. The number of furan rings is 1. The van der Waals surface area contributed by atoms with Crippen molar-refractivity contribution >= 4 is 11.9 Å². The molecule has 0 aliphatic carbocycles. The number of hydrogen-bond donors (Lipinski definition) is 2. The number of carboxylic acid groups (broad SMARTS) is 1. The summed E-state index contributed by atoms with van der Waals surface area (Å²) >= 11 is 0. The fourth-order valence-corrected chi connectivity index (χ4v) is 1.98. The predicted octanol–water partition coefficient (Wildman–Crippen LogP) is 1.76. The molecule has 0 spiro atoms. The maximum absolute atomic E-state index is 12.0. The molecule has 112 valence electrons. The number of aromatic carboxylic acids is 1. The number of aryl methyl sites for hydroxylation is 1. The van der Waals surface area contributed by atoms with E-state index < -0.39 is 5.97 Å². The minimum absolute atomic E-state index is 0.111. The third kappa shape index (κ3) is 3.31. The normalized spacial score (nSPS) is 10.9. The topological polar surface area (TPSA) is 97.4 Å². The van der Waals surface area contributed by atoms with Gasteiger partial charge in [0.15, 0.2) is 0 Å². The molecule has 0 aliphatic rings. The summed E-state index contributed by atoms with van der Waals surface area (Å²) in [5, 5.41) is 15.5. The summed E-state index contributed by atoms with van der Waals surface area (Å²) in [5.74, 6) is -0.975. The van der Waals surface area contributed by atoms with Crippen LogP contribution < -0.4 is 5.32 Å². The molecule has 2 rings (SSSR count). The summed E-state index contributed by atoms with van der Waals surface area (Å²) in [6, 6.07) is 4.61. The number of carboxylic acids is 1. The van der Waals surface area contributed by atoms with Crippen LogP contribution in [0.25, 0.3) is 0 Å². The van der Waals surface area contributed by atoms with E-state index in [4.69, 9.17) is 9.52 Å². The van der Waals surface area contributed by atoms with E-state index in [2.05, 4.69) is 10.4 Å². The zero-order valence-electron chi connectivity index (χ0n) is 12.1. The first-order valence-corrected chi connectivity index (χ1v) is 6.52. The number of rotatable bonds is 5. The summed E-state index contributed by atoms with van der Waals surface area (Å²) in [7, 11) is 1.79. The van der Waals surface area contributed by atoms with Gasteiger partial charge in [0, 0.05) is 12.7 Å². The van der Waals surface area contributed by atoms with Crippen LogP contribution in [0.5, 0.6) is 0 Å². The van der Waals surface area contributed by atoms with Crippen molar-refractivity contribution in [2.45, 2.75) is 26.3 Å². The quantitative estimate of drug-likeness (QED) is 0.875. The Balaban J connectivity index is 2.01. The molecule has 2 N–H and O–H groups in total. The molecule has 0 fully saturated rings. The summed E-state index contributed by atoms with van der Waals surface area (Å²) in [6.07, 6.45) is 0. The van der Waals surface area contributed by atoms with Gasteiger partial charge in [0.2, 0.25) is 5.76 Å². The molecule has 21 heavy (non-hydrogen) atoms. The standard InChI is InChI=1S/C14H17N3O4/c1-8(2)11-6-10(16-17(11)3)13(18)15-7-9-4-5-12(21-9)14(19)20/h4-6,8H,7H2,1-3H3,(H,15,18)(H,19,20). The molecule has 0 bridgehead atoms. The van der Waals surface area contributed by atoms with Gasteiger partial charge in [-0.15, -0.1) is 0 Å². The molecule has 1 amide bonds. The van der Waals surface area contributed by atoms with Crippen molar-refractivity contribution < 1.29 is 19.1 Å². The molecule has 2 aromatic rings. The van der Waals surface area contributed by atoms with Crippen molar-refractivity contribution in [1.29, 1.82) is 0 Å². The van der Waals surface area contributed by atoms with Crippen molar-refractivity contribution in [3.05, 3.63) is 41.1 Å². The molecule has 2 heterocycles. The highest BCUT2D eigenvalue weighted by molar-refractivity contribution is 5.92. The third-order valence-corrected chi connectivity index (χ3v) is 3.04. The maximum atomic E-state index is 12.0. The SMILES string of the molecule is CC(C)c1cc(C(=O)NCc2ccc(C(=O)O)o2)nn1C. The lowest BCUT2D eigenvalue weighted by Gasteiger charge is -2.02. The van der Waals surface area contributed by atoms with Gasteiger partial charge in [-0.3, -0.25) is 9.48 Å². The van der Waals surface area contributed by atoms with Crippen molar-refractivity contribution in [2.24, 2.45) is 7.05 Å². The Morgan fingerprint density at radius 2 is 2.14 bits per heavy atom. The van der Waals surface area contributed by atoms with Gasteiger partial charge in [-0.2, -0.15) is 5.10 Å². The minimum Gasteiger partial charge on any atom is -0.475 e. The van der Waals surface area contributed by atoms with Crippen LogP contribution in [0.15, 0.2) is 22.6 Å². The van der Waals surface area contributed by atoms with Gasteiger partial charge in [-0.25, -0.2) is 4.79 Å². The van der Waals surface area contributed by atoms with Gasteiger partial charge in [0.1, 0.15) is 11.5 Å². The second-order valence-electron chi connectivity index (χ2n) is 4.99. The number of amides is 1. The summed E-state index contributed by atoms with van der Waals surface area (Å²) < 4.78 is 6.73. The molecule has 2 aromatic heterocycles. The number of carbonyl (C=O) groups excluding carboxylic acids is 1. The summed E-state index contributed by atoms with van der Waals surface area (Å²) in [5.41, 5.74) is 1.29. The highest BCUT2D eigenvalue weighted by atomic mass is 16.4. The molecule has 0 aromatic carbocycles. The van der Waals surface area contributed by atoms with E-state index >= 15 is 0 Å². The fourth-order valence-electron chi connectivity index (χ4n) is 1.98.